The number of hydrogen-bond acceptors (Lipinski definition) is 8. The smallest absolute Gasteiger partial charge is 0.338 e. The van der Waals surface area contributed by atoms with Crippen molar-refractivity contribution in [3.8, 4) is 11.8 Å². The van der Waals surface area contributed by atoms with Crippen LogP contribution in [0.25, 0.3) is 4.85 Å². The minimum Gasteiger partial charge on any atom is -0.466 e. The number of nitrogens with zero attached hydrogens (tertiary/aromatic N) is 6. The Morgan fingerprint density at radius 3 is 2.78 bits per heavy atom. The van der Waals surface area contributed by atoms with Crippen molar-refractivity contribution in [2.75, 3.05) is 46.4 Å². The predicted octanol–water partition coefficient (Wildman–Crippen LogP) is 4.48. The van der Waals surface area contributed by atoms with Crippen molar-refractivity contribution in [1.82, 2.24) is 25.0 Å². The summed E-state index contributed by atoms with van der Waals surface area (Å²) in [7, 11) is 1.30. The number of benzene rings is 2. The first-order valence-corrected chi connectivity index (χ1v) is 15.4. The molecule has 2 atom stereocenters. The number of thiazole rings is 1. The zero-order valence-corrected chi connectivity index (χ0v) is 25.7. The summed E-state index contributed by atoms with van der Waals surface area (Å²) in [5.41, 5.74) is 2.66. The molecule has 1 N–H and O–H groups in total. The van der Waals surface area contributed by atoms with Crippen LogP contribution in [0.2, 0.25) is 5.02 Å². The summed E-state index contributed by atoms with van der Waals surface area (Å²) in [5, 5.41) is 5.92. The molecule has 2 fully saturated rings. The number of urea groups is 1. The molecule has 13 heteroatoms. The van der Waals surface area contributed by atoms with Crippen LogP contribution in [0.4, 0.5) is 14.9 Å². The maximum Gasteiger partial charge on any atom is 0.338 e. The highest BCUT2D eigenvalue weighted by Gasteiger charge is 2.41. The lowest BCUT2D eigenvalue weighted by Crippen LogP contribution is -2.53. The molecule has 10 nitrogen and oxygen atoms in total. The third kappa shape index (κ3) is 6.40. The molecular formula is C32H27ClFN7O3S. The van der Waals surface area contributed by atoms with Crippen LogP contribution in [-0.4, -0.2) is 89.9 Å². The van der Waals surface area contributed by atoms with E-state index in [2.05, 4.69) is 31.9 Å². The number of rotatable bonds is 6. The molecule has 3 aromatic rings. The second kappa shape index (κ2) is 13.1. The van der Waals surface area contributed by atoms with Gasteiger partial charge in [0.05, 0.1) is 31.8 Å². The number of carbonyl (C=O) groups is 2. The van der Waals surface area contributed by atoms with E-state index < -0.39 is 17.8 Å². The Morgan fingerprint density at radius 1 is 1.24 bits per heavy atom. The van der Waals surface area contributed by atoms with Crippen molar-refractivity contribution in [1.29, 1.82) is 0 Å². The molecule has 0 aliphatic carbocycles. The van der Waals surface area contributed by atoms with Gasteiger partial charge in [-0.15, -0.1) is 11.3 Å². The van der Waals surface area contributed by atoms with E-state index >= 15 is 0 Å². The van der Waals surface area contributed by atoms with Gasteiger partial charge in [-0.25, -0.2) is 23.8 Å². The van der Waals surface area contributed by atoms with E-state index in [1.165, 1.54) is 36.6 Å². The summed E-state index contributed by atoms with van der Waals surface area (Å²) in [4.78, 5) is 44.8. The zero-order valence-electron chi connectivity index (χ0n) is 24.2. The van der Waals surface area contributed by atoms with Crippen molar-refractivity contribution in [3.63, 3.8) is 0 Å². The third-order valence-corrected chi connectivity index (χ3v) is 8.93. The van der Waals surface area contributed by atoms with Crippen LogP contribution in [-0.2, 0) is 9.53 Å². The van der Waals surface area contributed by atoms with Crippen molar-refractivity contribution < 1.29 is 18.7 Å². The average Bonchev–Trinajstić information content (AvgIpc) is 3.69. The number of methoxy groups -OCH3 is 1. The number of nitrogens with one attached hydrogen (secondary N) is 1. The summed E-state index contributed by atoms with van der Waals surface area (Å²) in [6.45, 7) is 9.93. The summed E-state index contributed by atoms with van der Waals surface area (Å²) in [6, 6.07) is 10.1. The standard InChI is InChI=1S/C32H27ClFN7O3S/c1-35-22-8-5-20(6-9-22)4-3-12-40-18-23-17-39(13-14-41(23)32(40)43)19-26-27(31(42)44-2)28(24-10-7-21(34)16-25(24)33)38-29(37-26)30-36-11-15-45-30/h5-11,15-16,23,28H,12-14,17-19H2,2H3,(H,37,38)/t23-,28-/m0/s1. The number of aromatic nitrogens is 1. The van der Waals surface area contributed by atoms with Gasteiger partial charge in [0.2, 0.25) is 0 Å². The van der Waals surface area contributed by atoms with Gasteiger partial charge in [-0.3, -0.25) is 9.89 Å². The van der Waals surface area contributed by atoms with Crippen LogP contribution >= 0.6 is 22.9 Å². The monoisotopic (exact) mass is 643 g/mol. The van der Waals surface area contributed by atoms with Crippen molar-refractivity contribution in [3.05, 3.63) is 104 Å². The van der Waals surface area contributed by atoms with E-state index in [0.717, 1.165) is 5.56 Å². The number of esters is 1. The van der Waals surface area contributed by atoms with E-state index in [1.54, 1.807) is 35.4 Å². The Balaban J connectivity index is 1.22. The third-order valence-electron chi connectivity index (χ3n) is 7.82. The number of carbonyl (C=O) groups excluding carboxylic acids is 2. The molecule has 3 aliphatic heterocycles. The van der Waals surface area contributed by atoms with Gasteiger partial charge in [0, 0.05) is 66.1 Å². The molecule has 2 saturated heterocycles. The second-order valence-corrected chi connectivity index (χ2v) is 11.9. The Kier molecular flexibility index (Phi) is 8.80. The minimum atomic E-state index is -0.846. The topological polar surface area (TPSA) is 94.7 Å². The first-order valence-electron chi connectivity index (χ1n) is 14.1. The number of amides is 2. The first-order chi connectivity index (χ1) is 21.8. The van der Waals surface area contributed by atoms with Crippen molar-refractivity contribution in [2.24, 2.45) is 4.99 Å². The van der Waals surface area contributed by atoms with Crippen molar-refractivity contribution in [2.45, 2.75) is 12.1 Å². The molecule has 0 radical (unpaired) electrons. The van der Waals surface area contributed by atoms with E-state index in [1.807, 2.05) is 10.3 Å². The van der Waals surface area contributed by atoms with Crippen molar-refractivity contribution >= 4 is 46.5 Å². The molecule has 3 aliphatic rings. The molecular weight excluding hydrogens is 617 g/mol. The van der Waals surface area contributed by atoms with Crippen LogP contribution in [0.3, 0.4) is 0 Å². The molecule has 2 amide bonds. The molecule has 0 saturated carbocycles. The number of hydrogen-bond donors (Lipinski definition) is 1. The number of halogens is 2. The maximum absolute atomic E-state index is 14.0. The molecule has 4 heterocycles. The largest absolute Gasteiger partial charge is 0.466 e. The SMILES string of the molecule is [C-]#[N+]c1ccc(C#CCN2C[C@@H]3CN(CC4=C(C(=O)OC)[C@H](c5ccc(F)cc5Cl)N=C(c5nccs5)N4)CCN3C2=O)cc1. The average molecular weight is 644 g/mol. The van der Waals surface area contributed by atoms with Crippen LogP contribution in [0.1, 0.15) is 22.2 Å². The van der Waals surface area contributed by atoms with Crippen LogP contribution in [0.15, 0.2) is 70.3 Å². The molecule has 0 unspecified atom stereocenters. The summed E-state index contributed by atoms with van der Waals surface area (Å²) >= 11 is 7.86. The number of fused-ring (bicyclic) bond motifs is 1. The van der Waals surface area contributed by atoms with E-state index in [9.17, 15) is 14.0 Å². The fourth-order valence-electron chi connectivity index (χ4n) is 5.67. The number of amidine groups is 1. The fraction of sp³-hybridized carbons (Fsp3) is 0.281. The van der Waals surface area contributed by atoms with Crippen LogP contribution in [0.5, 0.6) is 0 Å². The Bertz CT molecular complexity index is 1790. The van der Waals surface area contributed by atoms with Gasteiger partial charge in [0.15, 0.2) is 16.5 Å². The fourth-order valence-corrected chi connectivity index (χ4v) is 6.52. The first kappa shape index (κ1) is 30.3. The van der Waals surface area contributed by atoms with Gasteiger partial charge in [-0.05, 0) is 12.1 Å². The molecule has 0 spiro atoms. The molecule has 228 valence electrons. The lowest BCUT2D eigenvalue weighted by Gasteiger charge is -2.38. The van der Waals surface area contributed by atoms with Gasteiger partial charge < -0.3 is 19.9 Å². The van der Waals surface area contributed by atoms with Crippen LogP contribution < -0.4 is 5.32 Å². The van der Waals surface area contributed by atoms with E-state index in [0.29, 0.717) is 67.1 Å². The normalized spacial score (nSPS) is 19.7. The summed E-state index contributed by atoms with van der Waals surface area (Å²) < 4.78 is 19.1. The van der Waals surface area contributed by atoms with Gasteiger partial charge >= 0.3 is 12.0 Å². The predicted molar refractivity (Wildman–Crippen MR) is 168 cm³/mol. The van der Waals surface area contributed by atoms with Crippen LogP contribution in [0, 0.1) is 24.2 Å². The van der Waals surface area contributed by atoms with E-state index in [4.69, 9.17) is 27.9 Å². The highest BCUT2D eigenvalue weighted by Crippen LogP contribution is 2.37. The van der Waals surface area contributed by atoms with Gasteiger partial charge in [-0.1, -0.05) is 53.8 Å². The Hall–Kier alpha value is -4.75. The second-order valence-electron chi connectivity index (χ2n) is 10.6. The van der Waals surface area contributed by atoms with E-state index in [-0.39, 0.29) is 22.7 Å². The molecule has 1 aromatic heterocycles. The molecule has 45 heavy (non-hydrogen) atoms. The quantitative estimate of drug-likeness (QED) is 0.242. The highest BCUT2D eigenvalue weighted by atomic mass is 35.5. The molecule has 2 aromatic carbocycles. The summed E-state index contributed by atoms with van der Waals surface area (Å²) in [5.74, 6) is 5.56. The summed E-state index contributed by atoms with van der Waals surface area (Å²) in [6.07, 6.45) is 1.67. The lowest BCUT2D eigenvalue weighted by atomic mass is 9.95. The van der Waals surface area contributed by atoms with Gasteiger partial charge in [0.1, 0.15) is 11.9 Å². The maximum atomic E-state index is 14.0. The van der Waals surface area contributed by atoms with Gasteiger partial charge in [-0.2, -0.15) is 0 Å². The number of aliphatic imine (C=N–C) groups is 1. The molecule has 6 rings (SSSR count). The number of piperazine rings is 1. The minimum absolute atomic E-state index is 0.0493. The molecule has 0 bridgehead atoms. The Morgan fingerprint density at radius 2 is 2.07 bits per heavy atom. The Labute approximate surface area is 268 Å². The zero-order chi connectivity index (χ0) is 31.5. The number of ether oxygens (including phenoxy) is 1. The van der Waals surface area contributed by atoms with Gasteiger partial charge in [0.25, 0.3) is 0 Å². The lowest BCUT2D eigenvalue weighted by molar-refractivity contribution is -0.136. The highest BCUT2D eigenvalue weighted by molar-refractivity contribution is 7.11.